The highest BCUT2D eigenvalue weighted by Gasteiger charge is 2.72. The van der Waals surface area contributed by atoms with Crippen LogP contribution in [0.2, 0.25) is 0 Å². The summed E-state index contributed by atoms with van der Waals surface area (Å²) in [7, 11) is 3.62. The van der Waals surface area contributed by atoms with Crippen molar-refractivity contribution in [2.24, 2.45) is 4.99 Å². The summed E-state index contributed by atoms with van der Waals surface area (Å²) in [5.74, 6) is -6.33. The van der Waals surface area contributed by atoms with Crippen molar-refractivity contribution in [3.05, 3.63) is 92.5 Å². The van der Waals surface area contributed by atoms with Gasteiger partial charge in [0.2, 0.25) is 17.3 Å². The first kappa shape index (κ1) is 41.4. The van der Waals surface area contributed by atoms with Crippen LogP contribution in [-0.4, -0.2) is 130 Å². The fraction of sp³-hybridized carbons (Fsp3) is 0.452. The van der Waals surface area contributed by atoms with Gasteiger partial charge in [-0.15, -0.1) is 0 Å². The first-order chi connectivity index (χ1) is 27.6. The van der Waals surface area contributed by atoms with Gasteiger partial charge in [0.15, 0.2) is 29.5 Å². The Kier molecular flexibility index (Phi) is 11.0. The third-order valence-corrected chi connectivity index (χ3v) is 11.9. The Hall–Kier alpha value is -4.75. The number of aryl methyl sites for hydroxylation is 2. The summed E-state index contributed by atoms with van der Waals surface area (Å²) < 4.78 is 27.9. The fourth-order valence-electron chi connectivity index (χ4n) is 9.07. The van der Waals surface area contributed by atoms with Crippen molar-refractivity contribution in [2.75, 3.05) is 27.9 Å². The highest BCUT2D eigenvalue weighted by atomic mass is 16.6. The first-order valence-corrected chi connectivity index (χ1v) is 18.8. The second-order valence-corrected chi connectivity index (χ2v) is 15.0. The van der Waals surface area contributed by atoms with Gasteiger partial charge in [-0.3, -0.25) is 24.2 Å². The van der Waals surface area contributed by atoms with Crippen molar-refractivity contribution in [1.82, 2.24) is 0 Å². The lowest BCUT2D eigenvalue weighted by atomic mass is 9.56. The molecule has 0 bridgehead atoms. The number of fused-ring (bicyclic) bond motifs is 5. The van der Waals surface area contributed by atoms with Crippen LogP contribution < -0.4 is 0 Å². The lowest BCUT2D eigenvalue weighted by Crippen LogP contribution is -2.73. The normalized spacial score (nSPS) is 30.5. The molecule has 9 unspecified atom stereocenters. The van der Waals surface area contributed by atoms with Crippen molar-refractivity contribution >= 4 is 28.8 Å². The number of rotatable bonds is 10. The average molecular weight is 804 g/mol. The lowest BCUT2D eigenvalue weighted by Gasteiger charge is -2.53. The number of aromatic hydroxyl groups is 2. The number of aliphatic hydroxyl groups excluding tert-OH is 3. The van der Waals surface area contributed by atoms with Crippen molar-refractivity contribution in [3.8, 4) is 11.5 Å². The quantitative estimate of drug-likeness (QED) is 0.127. The van der Waals surface area contributed by atoms with Crippen molar-refractivity contribution < 1.29 is 73.5 Å². The lowest BCUT2D eigenvalue weighted by molar-refractivity contribution is -0.228. The Bertz CT molecular complexity index is 2220. The minimum atomic E-state index is -3.22. The molecule has 0 spiro atoms. The predicted molar refractivity (Wildman–Crippen MR) is 201 cm³/mol. The number of ether oxygens (including phenoxy) is 5. The van der Waals surface area contributed by atoms with Crippen LogP contribution in [0, 0.1) is 6.92 Å². The SMILES string of the molecule is COC1C(C)OC(N=C2CC(=O)c3c(cc4c(c3O)C(=O)C3(OC)C(O)Cc5cc(C)c(C(O)OCCCc6ccccc6)c(O)c5C3(O)C4=O)C2=O)C(OC)C1O. The van der Waals surface area contributed by atoms with Gasteiger partial charge in [0.1, 0.15) is 29.8 Å². The zero-order chi connectivity index (χ0) is 42.0. The van der Waals surface area contributed by atoms with E-state index in [-0.39, 0.29) is 29.0 Å². The van der Waals surface area contributed by atoms with Crippen molar-refractivity contribution in [3.63, 3.8) is 0 Å². The van der Waals surface area contributed by atoms with Crippen LogP contribution in [0.3, 0.4) is 0 Å². The second-order valence-electron chi connectivity index (χ2n) is 15.0. The molecule has 4 aliphatic rings. The standard InChI is InChI=1S/C42H45NO15/c1-18-14-21-15-26(45)42(56-5)38(51)29-23(37(50)41(42,53)30(21)33(48)27(18)40(52)57-13-9-12-20-10-7-6-8-11-20)16-22-28(32(29)47)25(44)17-24(31(22)46)43-39-36(55-4)34(49)35(54-3)19(2)58-39/h6-8,10-11,14,16,19,26,34-36,39-40,45,47-49,52-53H,9,12-13,15,17H2,1-5H3. The number of methoxy groups -OCH3 is 3. The van der Waals surface area contributed by atoms with Gasteiger partial charge in [0.25, 0.3) is 0 Å². The van der Waals surface area contributed by atoms with E-state index in [4.69, 9.17) is 23.7 Å². The second kappa shape index (κ2) is 15.4. The van der Waals surface area contributed by atoms with Crippen molar-refractivity contribution in [1.29, 1.82) is 0 Å². The number of phenols is 2. The minimum Gasteiger partial charge on any atom is -0.507 e. The number of carbonyl (C=O) groups is 4. The number of Topliss-reactive ketones (excluding diaryl/α,β-unsaturated/α-hetero) is 4. The zero-order valence-corrected chi connectivity index (χ0v) is 32.4. The Morgan fingerprint density at radius 1 is 0.931 bits per heavy atom. The number of ketones is 4. The molecule has 1 saturated heterocycles. The number of nitrogens with zero attached hydrogens (tertiary/aromatic N) is 1. The van der Waals surface area contributed by atoms with Crippen molar-refractivity contribution in [2.45, 2.75) is 93.8 Å². The minimum absolute atomic E-state index is 0.0393. The molecule has 7 rings (SSSR count). The Balaban J connectivity index is 1.30. The summed E-state index contributed by atoms with van der Waals surface area (Å²) in [6, 6.07) is 11.9. The molecule has 0 saturated carbocycles. The van der Waals surface area contributed by atoms with E-state index < -0.39 is 130 Å². The molecule has 1 fully saturated rings. The number of aliphatic imine (C=N–C) groups is 1. The number of carbonyl (C=O) groups excluding carboxylic acids is 4. The zero-order valence-electron chi connectivity index (χ0n) is 32.4. The van der Waals surface area contributed by atoms with Gasteiger partial charge >= 0.3 is 0 Å². The van der Waals surface area contributed by atoms with Gasteiger partial charge in [-0.2, -0.15) is 0 Å². The smallest absolute Gasteiger partial charge is 0.208 e. The van der Waals surface area contributed by atoms with Crippen LogP contribution in [0.4, 0.5) is 0 Å². The molecule has 6 N–H and O–H groups in total. The third-order valence-electron chi connectivity index (χ3n) is 11.9. The summed E-state index contributed by atoms with van der Waals surface area (Å²) in [6.07, 6.45) is -8.85. The highest BCUT2D eigenvalue weighted by molar-refractivity contribution is 6.53. The van der Waals surface area contributed by atoms with E-state index in [1.54, 1.807) is 13.8 Å². The molecular formula is C42H45NO15. The molecule has 3 aliphatic carbocycles. The molecule has 3 aromatic rings. The molecule has 16 nitrogen and oxygen atoms in total. The number of hydrogen-bond donors (Lipinski definition) is 6. The largest absolute Gasteiger partial charge is 0.507 e. The maximum Gasteiger partial charge on any atom is 0.208 e. The van der Waals surface area contributed by atoms with E-state index in [9.17, 15) is 49.8 Å². The van der Waals surface area contributed by atoms with Gasteiger partial charge in [-0.05, 0) is 49.4 Å². The molecule has 0 aromatic heterocycles. The summed E-state index contributed by atoms with van der Waals surface area (Å²) in [5.41, 5.74) is -8.51. The monoisotopic (exact) mass is 803 g/mol. The summed E-state index contributed by atoms with van der Waals surface area (Å²) >= 11 is 0. The van der Waals surface area contributed by atoms with E-state index in [0.717, 1.165) is 18.7 Å². The van der Waals surface area contributed by atoms with Crippen LogP contribution in [0.5, 0.6) is 11.5 Å². The molecule has 3 aromatic carbocycles. The first-order valence-electron chi connectivity index (χ1n) is 18.8. The summed E-state index contributed by atoms with van der Waals surface area (Å²) in [6.45, 7) is 3.21. The molecule has 1 aliphatic heterocycles. The molecule has 1 heterocycles. The van der Waals surface area contributed by atoms with E-state index in [1.165, 1.54) is 20.3 Å². The van der Waals surface area contributed by atoms with Gasteiger partial charge in [-0.1, -0.05) is 36.4 Å². The predicted octanol–water partition coefficient (Wildman–Crippen LogP) is 1.96. The van der Waals surface area contributed by atoms with Crippen LogP contribution in [0.15, 0.2) is 47.5 Å². The topological polar surface area (TPSA) is 248 Å². The van der Waals surface area contributed by atoms with E-state index in [0.29, 0.717) is 12.8 Å². The van der Waals surface area contributed by atoms with Gasteiger partial charge in [0.05, 0.1) is 47.6 Å². The van der Waals surface area contributed by atoms with Gasteiger partial charge in [-0.25, -0.2) is 0 Å². The maximum atomic E-state index is 14.9. The van der Waals surface area contributed by atoms with Gasteiger partial charge < -0.3 is 54.3 Å². The summed E-state index contributed by atoms with van der Waals surface area (Å²) in [5, 5.41) is 70.0. The molecule has 308 valence electrons. The molecule has 16 heteroatoms. The molecule has 0 amide bonds. The Morgan fingerprint density at radius 2 is 1.62 bits per heavy atom. The number of hydrogen-bond acceptors (Lipinski definition) is 16. The van der Waals surface area contributed by atoms with E-state index >= 15 is 0 Å². The average Bonchev–Trinajstić information content (AvgIpc) is 3.17. The molecular weight excluding hydrogens is 758 g/mol. The van der Waals surface area contributed by atoms with Crippen LogP contribution in [-0.2, 0) is 42.1 Å². The molecule has 58 heavy (non-hydrogen) atoms. The van der Waals surface area contributed by atoms with E-state index in [1.807, 2.05) is 30.3 Å². The van der Waals surface area contributed by atoms with E-state index in [2.05, 4.69) is 4.99 Å². The maximum absolute atomic E-state index is 14.9. The highest BCUT2D eigenvalue weighted by Crippen LogP contribution is 2.57. The third kappa shape index (κ3) is 6.05. The number of phenolic OH excluding ortho intramolecular Hbond substituents is 2. The molecule has 0 radical (unpaired) electrons. The van der Waals surface area contributed by atoms with Crippen LogP contribution in [0.1, 0.15) is 95.3 Å². The fourth-order valence-corrected chi connectivity index (χ4v) is 9.07. The molecule has 9 atom stereocenters. The number of aliphatic hydroxyl groups is 4. The Morgan fingerprint density at radius 3 is 2.28 bits per heavy atom. The Labute approximate surface area is 332 Å². The van der Waals surface area contributed by atoms with Gasteiger partial charge in [0, 0.05) is 44.4 Å². The summed E-state index contributed by atoms with van der Waals surface area (Å²) in [4.78, 5) is 61.7. The van der Waals surface area contributed by atoms with Crippen LogP contribution >= 0.6 is 0 Å². The number of benzene rings is 3. The van der Waals surface area contributed by atoms with Crippen LogP contribution in [0.25, 0.3) is 0 Å².